The first-order valence-electron chi connectivity index (χ1n) is 10.1. The summed E-state index contributed by atoms with van der Waals surface area (Å²) in [7, 11) is 0. The topological polar surface area (TPSA) is 147 Å². The lowest BCUT2D eigenvalue weighted by molar-refractivity contribution is -0.385. The largest absolute Gasteiger partial charge is 0.374 e. The molecule has 0 spiro atoms. The first-order chi connectivity index (χ1) is 15.3. The van der Waals surface area contributed by atoms with Gasteiger partial charge in [0.1, 0.15) is 6.04 Å². The molecule has 11 nitrogen and oxygen atoms in total. The molecule has 170 valence electrons. The number of carbonyl (C=O) groups is 1. The van der Waals surface area contributed by atoms with Crippen molar-refractivity contribution in [1.82, 2.24) is 21.4 Å². The summed E-state index contributed by atoms with van der Waals surface area (Å²) in [6.07, 6.45) is 0. The molecule has 5 N–H and O–H groups in total. The number of hydrazine groups is 2. The van der Waals surface area contributed by atoms with Crippen LogP contribution in [0, 0.1) is 10.1 Å². The Hall–Kier alpha value is -3.54. The molecule has 1 aliphatic rings. The Kier molecular flexibility index (Phi) is 7.36. The Morgan fingerprint density at radius 2 is 1.94 bits per heavy atom. The summed E-state index contributed by atoms with van der Waals surface area (Å²) in [5.74, 6) is 0.0277. The Morgan fingerprint density at radius 1 is 1.25 bits per heavy atom. The van der Waals surface area contributed by atoms with Gasteiger partial charge in [-0.2, -0.15) is 0 Å². The zero-order valence-corrected chi connectivity index (χ0v) is 17.9. The van der Waals surface area contributed by atoms with E-state index in [4.69, 9.17) is 10.5 Å². The lowest BCUT2D eigenvalue weighted by Crippen LogP contribution is -2.58. The van der Waals surface area contributed by atoms with Crippen molar-refractivity contribution >= 4 is 17.4 Å². The third-order valence-electron chi connectivity index (χ3n) is 4.75. The van der Waals surface area contributed by atoms with E-state index in [2.05, 4.69) is 21.5 Å². The van der Waals surface area contributed by atoms with Gasteiger partial charge in [0.2, 0.25) is 5.91 Å². The fraction of sp³-hybridized carbons (Fsp3) is 0.333. The van der Waals surface area contributed by atoms with Crippen molar-refractivity contribution in [3.05, 3.63) is 75.8 Å². The second-order valence-electron chi connectivity index (χ2n) is 7.91. The highest BCUT2D eigenvalue weighted by Gasteiger charge is 2.32. The molecule has 1 amide bonds. The summed E-state index contributed by atoms with van der Waals surface area (Å²) in [6, 6.07) is 15.4. The molecule has 0 unspecified atom stereocenters. The third kappa shape index (κ3) is 6.00. The number of para-hydroxylation sites is 1. The number of carbonyl (C=O) groups excluding carboxylic acids is 1. The monoisotopic (exact) mass is 441 g/mol. The fourth-order valence-electron chi connectivity index (χ4n) is 3.03. The zero-order valence-electron chi connectivity index (χ0n) is 17.9. The average Bonchev–Trinajstić information content (AvgIpc) is 3.21. The number of rotatable bonds is 10. The van der Waals surface area contributed by atoms with E-state index >= 15 is 0 Å². The molecule has 1 heterocycles. The van der Waals surface area contributed by atoms with Crippen LogP contribution in [0.1, 0.15) is 25.0 Å². The minimum Gasteiger partial charge on any atom is -0.374 e. The average molecular weight is 441 g/mol. The first kappa shape index (κ1) is 23.1. The van der Waals surface area contributed by atoms with Gasteiger partial charge in [-0.3, -0.25) is 19.9 Å². The molecule has 1 aliphatic heterocycles. The second-order valence-corrected chi connectivity index (χ2v) is 7.91. The number of hydrazone groups is 1. The smallest absolute Gasteiger partial charge is 0.274 e. The molecule has 2 aromatic rings. The normalized spacial score (nSPS) is 14.5. The molecule has 0 saturated carbocycles. The van der Waals surface area contributed by atoms with Crippen molar-refractivity contribution in [2.75, 3.05) is 6.61 Å². The van der Waals surface area contributed by atoms with Crippen molar-refractivity contribution in [2.45, 2.75) is 38.6 Å². The van der Waals surface area contributed by atoms with Gasteiger partial charge >= 0.3 is 0 Å². The molecule has 0 aliphatic carbocycles. The van der Waals surface area contributed by atoms with Gasteiger partial charge in [-0.25, -0.2) is 5.53 Å². The van der Waals surface area contributed by atoms with Crippen LogP contribution in [0.2, 0.25) is 0 Å². The fourth-order valence-corrected chi connectivity index (χ4v) is 3.03. The number of hydrogen-bond acceptors (Lipinski definition) is 9. The van der Waals surface area contributed by atoms with Gasteiger partial charge in [0, 0.05) is 6.07 Å². The van der Waals surface area contributed by atoms with Crippen LogP contribution >= 0.6 is 0 Å². The highest BCUT2D eigenvalue weighted by atomic mass is 16.6. The molecule has 0 bridgehead atoms. The van der Waals surface area contributed by atoms with Crippen molar-refractivity contribution in [1.29, 1.82) is 0 Å². The molecule has 2 aromatic carbocycles. The lowest BCUT2D eigenvalue weighted by atomic mass is 10.1. The number of nitro groups is 1. The minimum atomic E-state index is -1.11. The minimum absolute atomic E-state index is 0.00967. The van der Waals surface area contributed by atoms with Crippen molar-refractivity contribution in [3.8, 4) is 0 Å². The lowest BCUT2D eigenvalue weighted by Gasteiger charge is -2.28. The Morgan fingerprint density at radius 3 is 2.62 bits per heavy atom. The van der Waals surface area contributed by atoms with Crippen LogP contribution < -0.4 is 22.1 Å². The van der Waals surface area contributed by atoms with Crippen molar-refractivity contribution in [3.63, 3.8) is 0 Å². The van der Waals surface area contributed by atoms with Crippen LogP contribution in [0.25, 0.3) is 0 Å². The number of ether oxygens (including phenoxy) is 1. The van der Waals surface area contributed by atoms with E-state index in [0.29, 0.717) is 18.0 Å². The Balaban J connectivity index is 1.76. The van der Waals surface area contributed by atoms with E-state index in [9.17, 15) is 14.9 Å². The molecular weight excluding hydrogens is 414 g/mol. The van der Waals surface area contributed by atoms with E-state index in [1.165, 1.54) is 6.07 Å². The molecule has 0 aromatic heterocycles. The molecule has 11 heteroatoms. The molecule has 0 fully saturated rings. The predicted octanol–water partition coefficient (Wildman–Crippen LogP) is 1.17. The zero-order chi connectivity index (χ0) is 23.1. The summed E-state index contributed by atoms with van der Waals surface area (Å²) in [5, 5.41) is 20.0. The molecular formula is C21H27N7O4. The summed E-state index contributed by atoms with van der Waals surface area (Å²) in [6.45, 7) is 3.80. The van der Waals surface area contributed by atoms with Crippen LogP contribution in [-0.4, -0.2) is 39.9 Å². The maximum atomic E-state index is 12.6. The third-order valence-corrected chi connectivity index (χ3v) is 4.75. The molecule has 32 heavy (non-hydrogen) atoms. The van der Waals surface area contributed by atoms with Gasteiger partial charge in [-0.05, 0) is 19.4 Å². The number of benzene rings is 2. The number of nitrogens with two attached hydrogens (primary N) is 1. The van der Waals surface area contributed by atoms with Crippen LogP contribution in [-0.2, 0) is 22.7 Å². The standard InChI is InChI=1S/C21H27N7O4/c1-21(2,22)20(29)23-17(14-32-13-15-8-4-3-5-9-15)19-24-25-26-27(19)12-16-10-6-7-11-18(16)28(30)31/h3-11,17,25-26H,12-14,22H2,1-2H3,(H,23,29)/t17-/m1/s1. The summed E-state index contributed by atoms with van der Waals surface area (Å²) < 4.78 is 5.84. The maximum Gasteiger partial charge on any atom is 0.274 e. The maximum absolute atomic E-state index is 12.6. The van der Waals surface area contributed by atoms with E-state index in [0.717, 1.165) is 5.56 Å². The number of nitrogens with zero attached hydrogens (tertiary/aromatic N) is 3. The van der Waals surface area contributed by atoms with Crippen LogP contribution in [0.5, 0.6) is 0 Å². The van der Waals surface area contributed by atoms with Gasteiger partial charge < -0.3 is 15.8 Å². The summed E-state index contributed by atoms with van der Waals surface area (Å²) in [4.78, 5) is 23.5. The molecule has 0 radical (unpaired) electrons. The van der Waals surface area contributed by atoms with Crippen LogP contribution in [0.4, 0.5) is 5.69 Å². The van der Waals surface area contributed by atoms with Crippen molar-refractivity contribution in [2.24, 2.45) is 10.8 Å². The van der Waals surface area contributed by atoms with Crippen LogP contribution in [0.3, 0.4) is 0 Å². The van der Waals surface area contributed by atoms with Gasteiger partial charge in [0.05, 0.1) is 35.8 Å². The van der Waals surface area contributed by atoms with E-state index in [1.54, 1.807) is 37.1 Å². The van der Waals surface area contributed by atoms with Gasteiger partial charge in [-0.1, -0.05) is 48.5 Å². The Bertz CT molecular complexity index is 976. The predicted molar refractivity (Wildman–Crippen MR) is 119 cm³/mol. The molecule has 3 rings (SSSR count). The van der Waals surface area contributed by atoms with Crippen molar-refractivity contribution < 1.29 is 14.5 Å². The summed E-state index contributed by atoms with van der Waals surface area (Å²) in [5.41, 5.74) is 11.8. The van der Waals surface area contributed by atoms with Gasteiger partial charge in [0.15, 0.2) is 5.84 Å². The summed E-state index contributed by atoms with van der Waals surface area (Å²) >= 11 is 0. The SMILES string of the molecule is CC(C)(N)C(=O)N[C@H](COCc1ccccc1)C1=NNNN1Cc1ccccc1[N+](=O)[O-]. The van der Waals surface area contributed by atoms with Gasteiger partial charge in [-0.15, -0.1) is 10.6 Å². The van der Waals surface area contributed by atoms with Gasteiger partial charge in [0.25, 0.3) is 5.69 Å². The highest BCUT2D eigenvalue weighted by molar-refractivity contribution is 5.94. The molecule has 0 saturated heterocycles. The highest BCUT2D eigenvalue weighted by Crippen LogP contribution is 2.20. The van der Waals surface area contributed by atoms with E-state index < -0.39 is 16.5 Å². The second kappa shape index (κ2) is 10.2. The number of amides is 1. The molecule has 1 atom stereocenters. The first-order valence-corrected chi connectivity index (χ1v) is 10.1. The quantitative estimate of drug-likeness (QED) is 0.317. The van der Waals surface area contributed by atoms with E-state index in [-0.39, 0.29) is 24.7 Å². The van der Waals surface area contributed by atoms with E-state index in [1.807, 2.05) is 30.3 Å². The Labute approximate surface area is 185 Å². The number of nitrogens with one attached hydrogen (secondary N) is 3. The number of amidine groups is 1. The number of hydrogen-bond donors (Lipinski definition) is 4. The van der Waals surface area contributed by atoms with Crippen LogP contribution in [0.15, 0.2) is 59.7 Å². The number of nitro benzene ring substituents is 1.